The molecular formula is C12H22N2O3. The Bertz CT molecular complexity index is 273. The second-order valence-corrected chi connectivity index (χ2v) is 4.32. The van der Waals surface area contributed by atoms with Gasteiger partial charge in [-0.15, -0.1) is 0 Å². The van der Waals surface area contributed by atoms with E-state index in [1.165, 1.54) is 0 Å². The summed E-state index contributed by atoms with van der Waals surface area (Å²) in [5, 5.41) is 0. The first-order valence-electron chi connectivity index (χ1n) is 6.30. The van der Waals surface area contributed by atoms with E-state index in [1.54, 1.807) is 11.8 Å². The van der Waals surface area contributed by atoms with Crippen molar-refractivity contribution in [3.63, 3.8) is 0 Å². The van der Waals surface area contributed by atoms with E-state index < -0.39 is 0 Å². The fourth-order valence-electron chi connectivity index (χ4n) is 1.81. The molecule has 1 heterocycles. The standard InChI is InChI=1S/C12H22N2O3/c1-4-10(3)11(15)13-6-8-14(9-7-13)12(16)17-5-2/h10H,4-9H2,1-3H3. The first-order chi connectivity index (χ1) is 8.10. The summed E-state index contributed by atoms with van der Waals surface area (Å²) >= 11 is 0. The molecule has 0 saturated carbocycles. The fourth-order valence-corrected chi connectivity index (χ4v) is 1.81. The molecule has 1 aliphatic rings. The topological polar surface area (TPSA) is 49.9 Å². The van der Waals surface area contributed by atoms with Crippen molar-refractivity contribution < 1.29 is 14.3 Å². The SMILES string of the molecule is CCOC(=O)N1CCN(C(=O)C(C)CC)CC1. The first-order valence-corrected chi connectivity index (χ1v) is 6.30. The summed E-state index contributed by atoms with van der Waals surface area (Å²) in [4.78, 5) is 26.9. The van der Waals surface area contributed by atoms with Gasteiger partial charge >= 0.3 is 6.09 Å². The van der Waals surface area contributed by atoms with E-state index in [4.69, 9.17) is 4.74 Å². The van der Waals surface area contributed by atoms with E-state index in [9.17, 15) is 9.59 Å². The van der Waals surface area contributed by atoms with Gasteiger partial charge in [-0.2, -0.15) is 0 Å². The number of piperazine rings is 1. The van der Waals surface area contributed by atoms with Crippen molar-refractivity contribution in [2.45, 2.75) is 27.2 Å². The molecule has 1 rings (SSSR count). The van der Waals surface area contributed by atoms with Gasteiger partial charge in [0.2, 0.25) is 5.91 Å². The lowest BCUT2D eigenvalue weighted by molar-refractivity contribution is -0.136. The van der Waals surface area contributed by atoms with Gasteiger partial charge in [-0.25, -0.2) is 4.79 Å². The maximum Gasteiger partial charge on any atom is 0.409 e. The zero-order valence-electron chi connectivity index (χ0n) is 10.9. The monoisotopic (exact) mass is 242 g/mol. The number of rotatable bonds is 3. The molecule has 2 amide bonds. The molecule has 0 N–H and O–H groups in total. The molecule has 1 unspecified atom stereocenters. The van der Waals surface area contributed by atoms with Crippen LogP contribution in [0.25, 0.3) is 0 Å². The Hall–Kier alpha value is -1.26. The predicted molar refractivity (Wildman–Crippen MR) is 64.6 cm³/mol. The third-order valence-electron chi connectivity index (χ3n) is 3.15. The molecule has 17 heavy (non-hydrogen) atoms. The molecule has 5 heteroatoms. The summed E-state index contributed by atoms with van der Waals surface area (Å²) in [6, 6.07) is 0. The number of hydrogen-bond acceptors (Lipinski definition) is 3. The summed E-state index contributed by atoms with van der Waals surface area (Å²) in [5.41, 5.74) is 0. The number of ether oxygens (including phenoxy) is 1. The summed E-state index contributed by atoms with van der Waals surface area (Å²) in [7, 11) is 0. The van der Waals surface area contributed by atoms with Crippen LogP contribution in [0.2, 0.25) is 0 Å². The van der Waals surface area contributed by atoms with Crippen LogP contribution in [-0.2, 0) is 9.53 Å². The minimum Gasteiger partial charge on any atom is -0.450 e. The van der Waals surface area contributed by atoms with Crippen LogP contribution >= 0.6 is 0 Å². The van der Waals surface area contributed by atoms with Gasteiger partial charge in [-0.3, -0.25) is 4.79 Å². The molecule has 0 aromatic rings. The highest BCUT2D eigenvalue weighted by atomic mass is 16.6. The van der Waals surface area contributed by atoms with Gasteiger partial charge in [-0.05, 0) is 13.3 Å². The third-order valence-corrected chi connectivity index (χ3v) is 3.15. The number of carbonyl (C=O) groups is 2. The van der Waals surface area contributed by atoms with Crippen LogP contribution in [0, 0.1) is 5.92 Å². The van der Waals surface area contributed by atoms with E-state index in [0.717, 1.165) is 6.42 Å². The van der Waals surface area contributed by atoms with Crippen molar-refractivity contribution in [3.8, 4) is 0 Å². The highest BCUT2D eigenvalue weighted by Gasteiger charge is 2.26. The van der Waals surface area contributed by atoms with E-state index in [1.807, 2.05) is 18.7 Å². The smallest absolute Gasteiger partial charge is 0.409 e. The van der Waals surface area contributed by atoms with Gasteiger partial charge in [0.1, 0.15) is 0 Å². The lowest BCUT2D eigenvalue weighted by Crippen LogP contribution is -2.51. The lowest BCUT2D eigenvalue weighted by Gasteiger charge is -2.35. The Morgan fingerprint density at radius 1 is 1.12 bits per heavy atom. The Kier molecular flexibility index (Phi) is 5.25. The average Bonchev–Trinajstić information content (AvgIpc) is 2.37. The van der Waals surface area contributed by atoms with Gasteiger partial charge in [0.25, 0.3) is 0 Å². The molecule has 0 aliphatic carbocycles. The molecule has 98 valence electrons. The number of carbonyl (C=O) groups excluding carboxylic acids is 2. The molecule has 0 aromatic carbocycles. The largest absolute Gasteiger partial charge is 0.450 e. The van der Waals surface area contributed by atoms with Crippen molar-refractivity contribution in [1.82, 2.24) is 9.80 Å². The minimum absolute atomic E-state index is 0.0733. The molecule has 1 fully saturated rings. The van der Waals surface area contributed by atoms with Crippen LogP contribution in [0.15, 0.2) is 0 Å². The summed E-state index contributed by atoms with van der Waals surface area (Å²) in [5.74, 6) is 0.264. The molecule has 1 aliphatic heterocycles. The molecule has 1 saturated heterocycles. The van der Waals surface area contributed by atoms with Crippen LogP contribution in [-0.4, -0.2) is 54.6 Å². The highest BCUT2D eigenvalue weighted by molar-refractivity contribution is 5.78. The predicted octanol–water partition coefficient (Wildman–Crippen LogP) is 1.33. The maximum atomic E-state index is 11.9. The van der Waals surface area contributed by atoms with Gasteiger partial charge in [-0.1, -0.05) is 13.8 Å². The van der Waals surface area contributed by atoms with Gasteiger partial charge < -0.3 is 14.5 Å². The molecule has 0 radical (unpaired) electrons. The molecule has 0 spiro atoms. The van der Waals surface area contributed by atoms with E-state index >= 15 is 0 Å². The van der Waals surface area contributed by atoms with Crippen LogP contribution in [0.1, 0.15) is 27.2 Å². The van der Waals surface area contributed by atoms with Gasteiger partial charge in [0, 0.05) is 32.1 Å². The highest BCUT2D eigenvalue weighted by Crippen LogP contribution is 2.10. The van der Waals surface area contributed by atoms with Crippen LogP contribution < -0.4 is 0 Å². The quantitative estimate of drug-likeness (QED) is 0.750. The lowest BCUT2D eigenvalue weighted by atomic mass is 10.1. The molecular weight excluding hydrogens is 220 g/mol. The van der Waals surface area contributed by atoms with Gasteiger partial charge in [0.05, 0.1) is 6.61 Å². The van der Waals surface area contributed by atoms with Crippen molar-refractivity contribution in [3.05, 3.63) is 0 Å². The average molecular weight is 242 g/mol. The molecule has 0 bridgehead atoms. The van der Waals surface area contributed by atoms with Crippen LogP contribution in [0.5, 0.6) is 0 Å². The molecule has 5 nitrogen and oxygen atoms in total. The van der Waals surface area contributed by atoms with Crippen molar-refractivity contribution in [2.24, 2.45) is 5.92 Å². The summed E-state index contributed by atoms with van der Waals surface area (Å²) in [6.45, 7) is 8.51. The fraction of sp³-hybridized carbons (Fsp3) is 0.833. The Morgan fingerprint density at radius 3 is 2.12 bits per heavy atom. The maximum absolute atomic E-state index is 11.9. The normalized spacial score (nSPS) is 17.8. The zero-order valence-corrected chi connectivity index (χ0v) is 10.9. The number of amides is 2. The Balaban J connectivity index is 2.40. The van der Waals surface area contributed by atoms with Crippen LogP contribution in [0.3, 0.4) is 0 Å². The van der Waals surface area contributed by atoms with Gasteiger partial charge in [0.15, 0.2) is 0 Å². The second kappa shape index (κ2) is 6.47. The molecule has 0 aromatic heterocycles. The van der Waals surface area contributed by atoms with Crippen molar-refractivity contribution >= 4 is 12.0 Å². The Morgan fingerprint density at radius 2 is 1.65 bits per heavy atom. The van der Waals surface area contributed by atoms with E-state index in [0.29, 0.717) is 32.8 Å². The summed E-state index contributed by atoms with van der Waals surface area (Å²) < 4.78 is 4.93. The third kappa shape index (κ3) is 3.61. The number of nitrogens with zero attached hydrogens (tertiary/aromatic N) is 2. The van der Waals surface area contributed by atoms with Crippen molar-refractivity contribution in [1.29, 1.82) is 0 Å². The van der Waals surface area contributed by atoms with E-state index in [-0.39, 0.29) is 17.9 Å². The first kappa shape index (κ1) is 13.8. The van der Waals surface area contributed by atoms with E-state index in [2.05, 4.69) is 0 Å². The Labute approximate surface area is 103 Å². The summed E-state index contributed by atoms with van der Waals surface area (Å²) in [6.07, 6.45) is 0.583. The zero-order chi connectivity index (χ0) is 12.8. The second-order valence-electron chi connectivity index (χ2n) is 4.32. The molecule has 1 atom stereocenters. The van der Waals surface area contributed by atoms with Crippen LogP contribution in [0.4, 0.5) is 4.79 Å². The van der Waals surface area contributed by atoms with Crippen molar-refractivity contribution in [2.75, 3.05) is 32.8 Å². The minimum atomic E-state index is -0.275. The number of hydrogen-bond donors (Lipinski definition) is 0.